The highest BCUT2D eigenvalue weighted by Crippen LogP contribution is 2.41. The van der Waals surface area contributed by atoms with Crippen LogP contribution < -0.4 is 15.8 Å². The predicted octanol–water partition coefficient (Wildman–Crippen LogP) is 3.78. The van der Waals surface area contributed by atoms with E-state index in [4.69, 9.17) is 4.74 Å². The number of halogens is 3. The Bertz CT molecular complexity index is 1390. The largest absolute Gasteiger partial charge is 0.384 e. The second-order valence-corrected chi connectivity index (χ2v) is 10.1. The molecule has 0 saturated carbocycles. The van der Waals surface area contributed by atoms with Crippen LogP contribution in [0.25, 0.3) is 10.9 Å². The Balaban J connectivity index is 1.53. The van der Waals surface area contributed by atoms with Gasteiger partial charge in [0.2, 0.25) is 0 Å². The number of anilines is 2. The van der Waals surface area contributed by atoms with Crippen LogP contribution in [0.15, 0.2) is 29.1 Å². The lowest BCUT2D eigenvalue weighted by Crippen LogP contribution is -2.41. The van der Waals surface area contributed by atoms with E-state index < -0.39 is 28.9 Å². The molecule has 2 aliphatic heterocycles. The molecular formula is C25H28F3N5O3. The number of nitrogens with zero attached hydrogens (tertiary/aromatic N) is 3. The van der Waals surface area contributed by atoms with Gasteiger partial charge < -0.3 is 25.0 Å². The summed E-state index contributed by atoms with van der Waals surface area (Å²) < 4.78 is 50.5. The van der Waals surface area contributed by atoms with Crippen molar-refractivity contribution < 1.29 is 23.0 Å². The molecule has 2 aliphatic rings. The average Bonchev–Trinajstić information content (AvgIpc) is 3.44. The standard InChI is InChI=1S/C25H28F3N5O3/c1-12(16-6-5-7-18(20(16)26)25(27,28)24(3,4)35)29-22-17-9-19(33-10-15-8-14(33)11-36-15)23(34)30-21(17)13(2)31-32-22/h5-7,9,12,14-15,35H,8,10-11H2,1-4H3,(H,29,32)(H,30,34)/t12-,14?,15?/m1/s1. The molecule has 3 N–H and O–H groups in total. The summed E-state index contributed by atoms with van der Waals surface area (Å²) in [7, 11) is 0. The number of hydrogen-bond acceptors (Lipinski definition) is 7. The molecular weight excluding hydrogens is 475 g/mol. The molecule has 2 aromatic heterocycles. The van der Waals surface area contributed by atoms with E-state index in [-0.39, 0.29) is 29.1 Å². The number of aryl methyl sites for hydroxylation is 1. The van der Waals surface area contributed by atoms with Crippen LogP contribution in [0, 0.1) is 12.7 Å². The molecule has 0 spiro atoms. The van der Waals surface area contributed by atoms with E-state index >= 15 is 4.39 Å². The number of rotatable bonds is 6. The lowest BCUT2D eigenvalue weighted by molar-refractivity contribution is -0.170. The first-order valence-electron chi connectivity index (χ1n) is 11.8. The molecule has 2 fully saturated rings. The third-order valence-electron chi connectivity index (χ3n) is 7.10. The van der Waals surface area contributed by atoms with Gasteiger partial charge in [-0.25, -0.2) is 4.39 Å². The highest BCUT2D eigenvalue weighted by Gasteiger charge is 2.49. The number of alkyl halides is 2. The van der Waals surface area contributed by atoms with Crippen molar-refractivity contribution >= 4 is 22.4 Å². The first-order valence-corrected chi connectivity index (χ1v) is 11.8. The van der Waals surface area contributed by atoms with Crippen molar-refractivity contribution in [2.75, 3.05) is 23.4 Å². The molecule has 2 unspecified atom stereocenters. The number of aromatic amines is 1. The minimum Gasteiger partial charge on any atom is -0.384 e. The zero-order valence-electron chi connectivity index (χ0n) is 20.4. The number of aliphatic hydroxyl groups is 1. The first kappa shape index (κ1) is 24.5. The molecule has 36 heavy (non-hydrogen) atoms. The number of hydrogen-bond donors (Lipinski definition) is 3. The number of ether oxygens (including phenoxy) is 1. The molecule has 0 radical (unpaired) electrons. The van der Waals surface area contributed by atoms with Gasteiger partial charge in [0.15, 0.2) is 5.82 Å². The molecule has 0 aliphatic carbocycles. The Morgan fingerprint density at radius 1 is 1.31 bits per heavy atom. The van der Waals surface area contributed by atoms with E-state index in [2.05, 4.69) is 20.5 Å². The van der Waals surface area contributed by atoms with E-state index in [0.717, 1.165) is 26.3 Å². The van der Waals surface area contributed by atoms with E-state index in [1.807, 2.05) is 4.90 Å². The Morgan fingerprint density at radius 3 is 2.69 bits per heavy atom. The Kier molecular flexibility index (Phi) is 5.75. The molecule has 1 aromatic carbocycles. The maximum absolute atomic E-state index is 15.3. The van der Waals surface area contributed by atoms with Crippen molar-refractivity contribution in [1.29, 1.82) is 0 Å². The van der Waals surface area contributed by atoms with Gasteiger partial charge in [-0.15, -0.1) is 5.10 Å². The van der Waals surface area contributed by atoms with Crippen molar-refractivity contribution in [2.45, 2.75) is 63.8 Å². The number of fused-ring (bicyclic) bond motifs is 3. The van der Waals surface area contributed by atoms with Crippen LogP contribution in [0.4, 0.5) is 24.7 Å². The summed E-state index contributed by atoms with van der Waals surface area (Å²) in [4.78, 5) is 17.8. The number of pyridine rings is 1. The number of H-pyrrole nitrogens is 1. The highest BCUT2D eigenvalue weighted by atomic mass is 19.3. The van der Waals surface area contributed by atoms with E-state index in [9.17, 15) is 18.7 Å². The zero-order valence-corrected chi connectivity index (χ0v) is 20.4. The molecule has 3 atom stereocenters. The van der Waals surface area contributed by atoms with Crippen molar-refractivity contribution in [3.05, 3.63) is 57.3 Å². The van der Waals surface area contributed by atoms with Gasteiger partial charge in [0, 0.05) is 17.5 Å². The maximum Gasteiger partial charge on any atom is 0.303 e. The summed E-state index contributed by atoms with van der Waals surface area (Å²) in [6.45, 7) is 6.37. The second-order valence-electron chi connectivity index (χ2n) is 10.1. The van der Waals surface area contributed by atoms with Gasteiger partial charge >= 0.3 is 5.92 Å². The van der Waals surface area contributed by atoms with Gasteiger partial charge in [0.25, 0.3) is 5.56 Å². The second kappa shape index (κ2) is 8.45. The van der Waals surface area contributed by atoms with Crippen LogP contribution in [-0.4, -0.2) is 51.2 Å². The summed E-state index contributed by atoms with van der Waals surface area (Å²) >= 11 is 0. The summed E-state index contributed by atoms with van der Waals surface area (Å²) in [5, 5.41) is 21.9. The number of aromatic nitrogens is 3. The van der Waals surface area contributed by atoms with Crippen LogP contribution in [0.3, 0.4) is 0 Å². The van der Waals surface area contributed by atoms with Crippen molar-refractivity contribution in [3.63, 3.8) is 0 Å². The molecule has 3 aromatic rings. The van der Waals surface area contributed by atoms with Crippen molar-refractivity contribution in [1.82, 2.24) is 15.2 Å². The van der Waals surface area contributed by atoms with E-state index in [1.54, 1.807) is 19.9 Å². The minimum atomic E-state index is -3.81. The molecule has 5 rings (SSSR count). The van der Waals surface area contributed by atoms with Gasteiger partial charge in [-0.3, -0.25) is 4.79 Å². The quantitative estimate of drug-likeness (QED) is 0.471. The van der Waals surface area contributed by atoms with Gasteiger partial charge in [-0.05, 0) is 46.2 Å². The third-order valence-corrected chi connectivity index (χ3v) is 7.10. The van der Waals surface area contributed by atoms with Crippen LogP contribution in [0.2, 0.25) is 0 Å². The van der Waals surface area contributed by atoms with Crippen LogP contribution in [-0.2, 0) is 10.7 Å². The number of nitrogens with one attached hydrogen (secondary N) is 2. The topological polar surface area (TPSA) is 103 Å². The first-order chi connectivity index (χ1) is 16.9. The number of morpholine rings is 1. The molecule has 2 saturated heterocycles. The van der Waals surface area contributed by atoms with Crippen molar-refractivity contribution in [2.24, 2.45) is 0 Å². The third kappa shape index (κ3) is 3.90. The fourth-order valence-electron chi connectivity index (χ4n) is 4.97. The van der Waals surface area contributed by atoms with Gasteiger partial charge in [0.05, 0.1) is 41.6 Å². The Labute approximate surface area is 205 Å². The number of benzene rings is 1. The minimum absolute atomic E-state index is 0.0226. The summed E-state index contributed by atoms with van der Waals surface area (Å²) in [6.07, 6.45) is 0.954. The molecule has 4 heterocycles. The van der Waals surface area contributed by atoms with E-state index in [1.165, 1.54) is 12.1 Å². The van der Waals surface area contributed by atoms with Crippen LogP contribution in [0.5, 0.6) is 0 Å². The van der Waals surface area contributed by atoms with Gasteiger partial charge in [-0.1, -0.05) is 12.1 Å². The molecule has 11 heteroatoms. The zero-order chi connectivity index (χ0) is 26.0. The smallest absolute Gasteiger partial charge is 0.303 e. The summed E-state index contributed by atoms with van der Waals surface area (Å²) in [5.74, 6) is -4.65. The highest BCUT2D eigenvalue weighted by molar-refractivity contribution is 5.92. The fraction of sp³-hybridized carbons (Fsp3) is 0.480. The predicted molar refractivity (Wildman–Crippen MR) is 129 cm³/mol. The monoisotopic (exact) mass is 503 g/mol. The van der Waals surface area contributed by atoms with Gasteiger partial charge in [0.1, 0.15) is 17.1 Å². The maximum atomic E-state index is 15.3. The Morgan fingerprint density at radius 2 is 2.06 bits per heavy atom. The van der Waals surface area contributed by atoms with Crippen LogP contribution in [0.1, 0.15) is 50.1 Å². The molecule has 8 nitrogen and oxygen atoms in total. The molecule has 0 amide bonds. The van der Waals surface area contributed by atoms with Crippen LogP contribution >= 0.6 is 0 Å². The average molecular weight is 504 g/mol. The normalized spacial score (nSPS) is 20.8. The Hall–Kier alpha value is -3.18. The summed E-state index contributed by atoms with van der Waals surface area (Å²) in [6, 6.07) is 4.76. The van der Waals surface area contributed by atoms with E-state index in [0.29, 0.717) is 35.4 Å². The lowest BCUT2D eigenvalue weighted by Gasteiger charge is -2.30. The van der Waals surface area contributed by atoms with Gasteiger partial charge in [-0.2, -0.15) is 13.9 Å². The molecule has 192 valence electrons. The molecule has 2 bridgehead atoms. The fourth-order valence-corrected chi connectivity index (χ4v) is 4.97. The summed E-state index contributed by atoms with van der Waals surface area (Å²) in [5.41, 5.74) is -2.14. The SMILES string of the molecule is Cc1nnc(N[C@H](C)c2cccc(C(F)(F)C(C)(C)O)c2F)c2cc(N3CC4CC3CO4)c(=O)[nH]c12. The lowest BCUT2D eigenvalue weighted by atomic mass is 9.91. The van der Waals surface area contributed by atoms with Crippen molar-refractivity contribution in [3.8, 4) is 0 Å².